The summed E-state index contributed by atoms with van der Waals surface area (Å²) in [6.07, 6.45) is 0. The molecule has 0 saturated heterocycles. The lowest BCUT2D eigenvalue weighted by atomic mass is 11.8. The quantitative estimate of drug-likeness (QED) is 0.584. The van der Waals surface area contributed by atoms with E-state index in [0.29, 0.717) is 0 Å². The second-order valence-electron chi connectivity index (χ2n) is 7.81. The van der Waals surface area contributed by atoms with Gasteiger partial charge in [0.25, 0.3) is 0 Å². The van der Waals surface area contributed by atoms with Crippen molar-refractivity contribution < 1.29 is 0 Å². The van der Waals surface area contributed by atoms with E-state index in [1.54, 1.807) is 0 Å². The average Bonchev–Trinajstić information content (AvgIpc) is 1.76. The molecule has 15 heavy (non-hydrogen) atoms. The summed E-state index contributed by atoms with van der Waals surface area (Å²) < 4.78 is 0. The highest BCUT2D eigenvalue weighted by Gasteiger charge is 2.60. The smallest absolute Gasteiger partial charge is 0.0482 e. The van der Waals surface area contributed by atoms with E-state index in [4.69, 9.17) is 12.6 Å². The first-order valence-electron chi connectivity index (χ1n) is 5.92. The zero-order chi connectivity index (χ0) is 12.7. The molecule has 0 aromatic carbocycles. The zero-order valence-corrected chi connectivity index (χ0v) is 17.0. The van der Waals surface area contributed by atoms with Crippen LogP contribution in [0.1, 0.15) is 0 Å². The molecular formula is C10H30SSi4. The van der Waals surface area contributed by atoms with Crippen molar-refractivity contribution in [3.05, 3.63) is 0 Å². The van der Waals surface area contributed by atoms with Crippen LogP contribution in [0.15, 0.2) is 0 Å². The Morgan fingerprint density at radius 3 is 0.800 bits per heavy atom. The van der Waals surface area contributed by atoms with Crippen molar-refractivity contribution in [3.63, 3.8) is 0 Å². The lowest BCUT2D eigenvalue weighted by Crippen LogP contribution is -2.84. The molecule has 0 nitrogen and oxygen atoms in total. The third-order valence-corrected chi connectivity index (χ3v) is 81.5. The number of hydrogen-bond acceptors (Lipinski definition) is 1. The molecule has 92 valence electrons. The lowest BCUT2D eigenvalue weighted by Gasteiger charge is -2.56. The van der Waals surface area contributed by atoms with Gasteiger partial charge in [0.15, 0.2) is 0 Å². The minimum Gasteiger partial charge on any atom is -0.183 e. The average molecular weight is 295 g/mol. The Hall–Kier alpha value is 1.22. The minimum atomic E-state index is -1.09. The van der Waals surface area contributed by atoms with Gasteiger partial charge in [-0.2, -0.15) is 12.6 Å². The Morgan fingerprint density at radius 2 is 0.800 bits per heavy atom. The summed E-state index contributed by atoms with van der Waals surface area (Å²) in [5.74, 6) is 0. The predicted octanol–water partition coefficient (Wildman–Crippen LogP) is 4.15. The van der Waals surface area contributed by atoms with Crippen molar-refractivity contribution in [2.75, 3.05) is 5.38 Å². The maximum Gasteiger partial charge on any atom is 0.0482 e. The second kappa shape index (κ2) is 4.48. The van der Waals surface area contributed by atoms with Gasteiger partial charge in [-0.25, -0.2) is 0 Å². The number of hydrogen-bond donors (Lipinski definition) is 1. The summed E-state index contributed by atoms with van der Waals surface area (Å²) >= 11 is 4.85. The van der Waals surface area contributed by atoms with Crippen LogP contribution >= 0.6 is 12.6 Å². The molecule has 5 heteroatoms. The van der Waals surface area contributed by atoms with Gasteiger partial charge in [0.2, 0.25) is 0 Å². The van der Waals surface area contributed by atoms with Crippen LogP contribution in [0.5, 0.6) is 0 Å². The summed E-state index contributed by atoms with van der Waals surface area (Å²) in [6, 6.07) is 0. The van der Waals surface area contributed by atoms with E-state index in [-0.39, 0.29) is 0 Å². The lowest BCUT2D eigenvalue weighted by molar-refractivity contribution is 1.70. The fraction of sp³-hybridized carbons (Fsp3) is 1.00. The van der Waals surface area contributed by atoms with Gasteiger partial charge in [-0.1, -0.05) is 58.9 Å². The molecule has 0 aromatic heterocycles. The van der Waals surface area contributed by atoms with Gasteiger partial charge in [0.05, 0.1) is 0 Å². The van der Waals surface area contributed by atoms with Crippen LogP contribution in [-0.4, -0.2) is 34.8 Å². The normalized spacial score (nSPS) is 15.6. The molecule has 0 aliphatic heterocycles. The van der Waals surface area contributed by atoms with E-state index in [2.05, 4.69) is 58.9 Å². The Morgan fingerprint density at radius 1 is 0.600 bits per heavy atom. The Bertz CT molecular complexity index is 183. The molecule has 0 heterocycles. The van der Waals surface area contributed by atoms with Crippen molar-refractivity contribution in [2.24, 2.45) is 0 Å². The number of rotatable bonds is 4. The highest BCUT2D eigenvalue weighted by molar-refractivity contribution is 7.97. The predicted molar refractivity (Wildman–Crippen MR) is 89.6 cm³/mol. The van der Waals surface area contributed by atoms with Gasteiger partial charge < -0.3 is 0 Å². The fourth-order valence-corrected chi connectivity index (χ4v) is 110. The van der Waals surface area contributed by atoms with E-state index in [1.807, 2.05) is 0 Å². The van der Waals surface area contributed by atoms with Gasteiger partial charge in [-0.05, 0) is 5.38 Å². The largest absolute Gasteiger partial charge is 0.183 e. The highest BCUT2D eigenvalue weighted by atomic mass is 32.1. The molecule has 0 atom stereocenters. The van der Waals surface area contributed by atoms with Crippen LogP contribution < -0.4 is 0 Å². The van der Waals surface area contributed by atoms with Crippen molar-refractivity contribution in [3.8, 4) is 0 Å². The van der Waals surface area contributed by atoms with Crippen LogP contribution in [0, 0.1) is 0 Å². The van der Waals surface area contributed by atoms with Gasteiger partial charge in [-0.3, -0.25) is 0 Å². The van der Waals surface area contributed by atoms with E-state index in [9.17, 15) is 0 Å². The van der Waals surface area contributed by atoms with E-state index < -0.39 is 29.4 Å². The maximum atomic E-state index is 4.85. The molecule has 0 bridgehead atoms. The van der Waals surface area contributed by atoms with Crippen molar-refractivity contribution in [1.29, 1.82) is 0 Å². The Labute approximate surface area is 106 Å². The third kappa shape index (κ3) is 2.73. The van der Waals surface area contributed by atoms with Crippen LogP contribution in [0.4, 0.5) is 0 Å². The summed E-state index contributed by atoms with van der Waals surface area (Å²) in [5, 5.41) is 1.26. The molecule has 0 amide bonds. The van der Waals surface area contributed by atoms with Crippen molar-refractivity contribution in [1.82, 2.24) is 0 Å². The van der Waals surface area contributed by atoms with Crippen LogP contribution in [0.3, 0.4) is 0 Å². The van der Waals surface area contributed by atoms with Gasteiger partial charge in [-0.15, -0.1) is 0 Å². The van der Waals surface area contributed by atoms with E-state index in [1.165, 1.54) is 5.38 Å². The first-order valence-corrected chi connectivity index (χ1v) is 22.3. The third-order valence-electron chi connectivity index (χ3n) is 4.08. The highest BCUT2D eigenvalue weighted by Crippen LogP contribution is 2.37. The zero-order valence-electron chi connectivity index (χ0n) is 12.2. The SMILES string of the molecule is C[Si](C)(C)[Si](CS)([Si](C)(C)C)[Si](C)(C)C. The first-order chi connectivity index (χ1) is 6.31. The topological polar surface area (TPSA) is 0 Å². The van der Waals surface area contributed by atoms with Gasteiger partial charge in [0.1, 0.15) is 0 Å². The Balaban J connectivity index is 5.78. The molecule has 0 unspecified atom stereocenters. The molecule has 0 N–H and O–H groups in total. The van der Waals surface area contributed by atoms with Crippen molar-refractivity contribution in [2.45, 2.75) is 58.9 Å². The van der Waals surface area contributed by atoms with E-state index in [0.717, 1.165) is 0 Å². The Kier molecular flexibility index (Phi) is 4.84. The monoisotopic (exact) mass is 294 g/mol. The molecule has 0 aliphatic carbocycles. The van der Waals surface area contributed by atoms with Gasteiger partial charge in [0, 0.05) is 29.4 Å². The number of thiol groups is 1. The van der Waals surface area contributed by atoms with Gasteiger partial charge >= 0.3 is 0 Å². The molecule has 0 saturated carbocycles. The summed E-state index contributed by atoms with van der Waals surface area (Å²) in [6.45, 7) is 22.5. The molecule has 0 spiro atoms. The van der Waals surface area contributed by atoms with E-state index >= 15 is 0 Å². The first kappa shape index (κ1) is 16.2. The maximum absolute atomic E-state index is 4.85. The molecule has 0 radical (unpaired) electrons. The summed E-state index contributed by atoms with van der Waals surface area (Å²) in [4.78, 5) is 0. The van der Waals surface area contributed by atoms with Crippen molar-refractivity contribution >= 4 is 42.0 Å². The molecular weight excluding hydrogens is 265 g/mol. The molecule has 0 fully saturated rings. The van der Waals surface area contributed by atoms with Crippen LogP contribution in [0.2, 0.25) is 58.9 Å². The molecule has 0 aromatic rings. The summed E-state index contributed by atoms with van der Waals surface area (Å²) in [5.41, 5.74) is 0. The minimum absolute atomic E-state index is 1.02. The van der Waals surface area contributed by atoms with Crippen LogP contribution in [0.25, 0.3) is 0 Å². The second-order valence-corrected chi connectivity index (χ2v) is 50.1. The molecule has 0 aliphatic rings. The molecule has 0 rings (SSSR count). The van der Waals surface area contributed by atoms with Crippen LogP contribution in [-0.2, 0) is 0 Å². The standard InChI is InChI=1S/C10H30SSi4/c1-12(2,3)15(10-11,13(4,5)6)14(7,8)9/h11H,10H2,1-9H3. The summed E-state index contributed by atoms with van der Waals surface area (Å²) in [7, 11) is -3.07. The fourth-order valence-electron chi connectivity index (χ4n) is 4.09.